The number of amides is 1. The topological polar surface area (TPSA) is 58.6 Å². The molecule has 0 aliphatic carbocycles. The van der Waals surface area contributed by atoms with Crippen LogP contribution in [0.4, 0.5) is 5.13 Å². The van der Waals surface area contributed by atoms with Crippen molar-refractivity contribution in [3.05, 3.63) is 46.4 Å². The van der Waals surface area contributed by atoms with E-state index >= 15 is 0 Å². The Morgan fingerprint density at radius 3 is 2.76 bits per heavy atom. The van der Waals surface area contributed by atoms with Crippen LogP contribution in [0.25, 0.3) is 20.4 Å². The smallest absolute Gasteiger partial charge is 0.254 e. The fraction of sp³-hybridized carbons (Fsp3) is 0.250. The Bertz CT molecular complexity index is 1210. The largest absolute Gasteiger partial charge is 0.493 e. The number of piperazine rings is 1. The molecule has 1 aliphatic rings. The first-order valence-corrected chi connectivity index (χ1v) is 11.2. The number of fused-ring (bicyclic) bond motifs is 2. The zero-order chi connectivity index (χ0) is 20.0. The first-order valence-electron chi connectivity index (χ1n) is 9.14. The number of hydrogen-bond donors (Lipinski definition) is 0. The minimum absolute atomic E-state index is 0.0673. The van der Waals surface area contributed by atoms with E-state index < -0.39 is 0 Å². The number of rotatable bonds is 3. The highest BCUT2D eigenvalue weighted by molar-refractivity contribution is 7.22. The van der Waals surface area contributed by atoms with E-state index in [1.54, 1.807) is 35.3 Å². The first kappa shape index (κ1) is 18.6. The third kappa shape index (κ3) is 3.31. The maximum absolute atomic E-state index is 12.9. The summed E-state index contributed by atoms with van der Waals surface area (Å²) in [4.78, 5) is 26.1. The van der Waals surface area contributed by atoms with Gasteiger partial charge in [0.05, 0.1) is 32.6 Å². The molecule has 1 amide bonds. The molecule has 1 aliphatic heterocycles. The number of ether oxygens (including phenoxy) is 1. The lowest BCUT2D eigenvalue weighted by Gasteiger charge is -2.34. The minimum atomic E-state index is 0.0673. The van der Waals surface area contributed by atoms with Crippen LogP contribution in [-0.4, -0.2) is 54.1 Å². The molecule has 0 unspecified atom stereocenters. The van der Waals surface area contributed by atoms with Crippen molar-refractivity contribution in [2.75, 3.05) is 38.2 Å². The summed E-state index contributed by atoms with van der Waals surface area (Å²) in [6.07, 6.45) is 0. The van der Waals surface area contributed by atoms with E-state index in [1.807, 2.05) is 35.2 Å². The van der Waals surface area contributed by atoms with E-state index in [-0.39, 0.29) is 5.91 Å². The second-order valence-electron chi connectivity index (χ2n) is 6.74. The maximum Gasteiger partial charge on any atom is 0.254 e. The Labute approximate surface area is 180 Å². The fourth-order valence-electron chi connectivity index (χ4n) is 3.53. The molecule has 5 rings (SSSR count). The average molecular weight is 445 g/mol. The van der Waals surface area contributed by atoms with E-state index in [4.69, 9.17) is 21.3 Å². The van der Waals surface area contributed by atoms with E-state index in [9.17, 15) is 4.79 Å². The quantitative estimate of drug-likeness (QED) is 0.464. The molecular formula is C20H17ClN4O2S2. The van der Waals surface area contributed by atoms with Crippen molar-refractivity contribution in [1.82, 2.24) is 14.9 Å². The summed E-state index contributed by atoms with van der Waals surface area (Å²) in [5, 5.41) is 1.49. The monoisotopic (exact) mass is 444 g/mol. The molecule has 0 bridgehead atoms. The SMILES string of the molecule is COc1c(Cl)ccc2sc(N3CCN(C(=O)c4ccc5ncsc5c4)CC3)nc12. The van der Waals surface area contributed by atoms with Gasteiger partial charge >= 0.3 is 0 Å². The normalized spacial score (nSPS) is 14.7. The van der Waals surface area contributed by atoms with Crippen LogP contribution in [0.2, 0.25) is 5.02 Å². The zero-order valence-corrected chi connectivity index (χ0v) is 18.0. The van der Waals surface area contributed by atoms with Gasteiger partial charge in [-0.2, -0.15) is 0 Å². The van der Waals surface area contributed by atoms with Gasteiger partial charge in [0.25, 0.3) is 5.91 Å². The fourth-order valence-corrected chi connectivity index (χ4v) is 5.50. The lowest BCUT2D eigenvalue weighted by atomic mass is 10.1. The summed E-state index contributed by atoms with van der Waals surface area (Å²) in [6.45, 7) is 2.80. The third-order valence-corrected chi connectivity index (χ3v) is 7.25. The standard InChI is InChI=1S/C20H17ClN4O2S2/c1-27-18-13(21)3-5-15-17(18)23-20(29-15)25-8-6-24(7-9-25)19(26)12-2-4-14-16(10-12)28-11-22-14/h2-5,10-11H,6-9H2,1H3. The van der Waals surface area contributed by atoms with Crippen LogP contribution in [0, 0.1) is 0 Å². The molecule has 2 aromatic carbocycles. The Kier molecular flexibility index (Phi) is 4.77. The van der Waals surface area contributed by atoms with Crippen LogP contribution in [0.1, 0.15) is 10.4 Å². The number of carbonyl (C=O) groups excluding carboxylic acids is 1. The highest BCUT2D eigenvalue weighted by Gasteiger charge is 2.25. The van der Waals surface area contributed by atoms with Gasteiger partial charge in [0.15, 0.2) is 10.9 Å². The number of anilines is 1. The molecule has 0 spiro atoms. The molecule has 0 N–H and O–H groups in total. The molecule has 9 heteroatoms. The number of methoxy groups -OCH3 is 1. The Morgan fingerprint density at radius 1 is 1.14 bits per heavy atom. The van der Waals surface area contributed by atoms with Crippen molar-refractivity contribution in [3.63, 3.8) is 0 Å². The Balaban J connectivity index is 1.32. The lowest BCUT2D eigenvalue weighted by Crippen LogP contribution is -2.48. The number of benzene rings is 2. The van der Waals surface area contributed by atoms with Crippen molar-refractivity contribution in [1.29, 1.82) is 0 Å². The van der Waals surface area contributed by atoms with Gasteiger partial charge in [-0.1, -0.05) is 22.9 Å². The van der Waals surface area contributed by atoms with Crippen LogP contribution in [0.15, 0.2) is 35.8 Å². The lowest BCUT2D eigenvalue weighted by molar-refractivity contribution is 0.0747. The van der Waals surface area contributed by atoms with Crippen LogP contribution in [0.5, 0.6) is 5.75 Å². The molecular weight excluding hydrogens is 428 g/mol. The van der Waals surface area contributed by atoms with Crippen molar-refractivity contribution < 1.29 is 9.53 Å². The first-order chi connectivity index (χ1) is 14.1. The number of halogens is 1. The van der Waals surface area contributed by atoms with Crippen molar-refractivity contribution in [2.24, 2.45) is 0 Å². The van der Waals surface area contributed by atoms with Crippen LogP contribution in [0.3, 0.4) is 0 Å². The van der Waals surface area contributed by atoms with Gasteiger partial charge in [-0.3, -0.25) is 4.79 Å². The summed E-state index contributed by atoms with van der Waals surface area (Å²) in [7, 11) is 1.60. The summed E-state index contributed by atoms with van der Waals surface area (Å²) < 4.78 is 7.50. The molecule has 0 atom stereocenters. The number of hydrogen-bond acceptors (Lipinski definition) is 7. The maximum atomic E-state index is 12.9. The molecule has 4 aromatic rings. The Morgan fingerprint density at radius 2 is 1.97 bits per heavy atom. The minimum Gasteiger partial charge on any atom is -0.493 e. The number of thiazole rings is 2. The molecule has 0 radical (unpaired) electrons. The molecule has 3 heterocycles. The van der Waals surface area contributed by atoms with Gasteiger partial charge in [-0.25, -0.2) is 9.97 Å². The molecule has 2 aromatic heterocycles. The number of carbonyl (C=O) groups is 1. The Hall–Kier alpha value is -2.42. The summed E-state index contributed by atoms with van der Waals surface area (Å²) in [5.74, 6) is 0.677. The van der Waals surface area contributed by atoms with Crippen LogP contribution in [-0.2, 0) is 0 Å². The van der Waals surface area contributed by atoms with Crippen LogP contribution < -0.4 is 9.64 Å². The van der Waals surface area contributed by atoms with E-state index in [1.165, 1.54) is 0 Å². The van der Waals surface area contributed by atoms with Crippen molar-refractivity contribution in [3.8, 4) is 5.75 Å². The molecule has 6 nitrogen and oxygen atoms in total. The molecule has 29 heavy (non-hydrogen) atoms. The summed E-state index contributed by atoms with van der Waals surface area (Å²) in [6, 6.07) is 9.51. The highest BCUT2D eigenvalue weighted by Crippen LogP contribution is 2.38. The average Bonchev–Trinajstić information content (AvgIpc) is 3.39. The summed E-state index contributed by atoms with van der Waals surface area (Å²) in [5.41, 5.74) is 4.24. The van der Waals surface area contributed by atoms with E-state index in [0.717, 1.165) is 44.2 Å². The van der Waals surface area contributed by atoms with Gasteiger partial charge in [-0.05, 0) is 30.3 Å². The highest BCUT2D eigenvalue weighted by atomic mass is 35.5. The van der Waals surface area contributed by atoms with Gasteiger partial charge in [-0.15, -0.1) is 11.3 Å². The molecule has 0 saturated carbocycles. The second-order valence-corrected chi connectivity index (χ2v) is 9.04. The molecule has 148 valence electrons. The van der Waals surface area contributed by atoms with Gasteiger partial charge in [0, 0.05) is 31.7 Å². The van der Waals surface area contributed by atoms with E-state index in [0.29, 0.717) is 23.9 Å². The molecule has 1 fully saturated rings. The van der Waals surface area contributed by atoms with Gasteiger partial charge in [0.1, 0.15) is 5.52 Å². The van der Waals surface area contributed by atoms with Crippen LogP contribution >= 0.6 is 34.3 Å². The third-order valence-electron chi connectivity index (χ3n) is 5.07. The summed E-state index contributed by atoms with van der Waals surface area (Å²) >= 11 is 9.39. The van der Waals surface area contributed by atoms with Gasteiger partial charge in [0.2, 0.25) is 0 Å². The number of nitrogens with zero attached hydrogens (tertiary/aromatic N) is 4. The predicted molar refractivity (Wildman–Crippen MR) is 119 cm³/mol. The molecule has 1 saturated heterocycles. The van der Waals surface area contributed by atoms with E-state index in [2.05, 4.69) is 9.88 Å². The number of aromatic nitrogens is 2. The van der Waals surface area contributed by atoms with Gasteiger partial charge < -0.3 is 14.5 Å². The zero-order valence-electron chi connectivity index (χ0n) is 15.6. The van der Waals surface area contributed by atoms with Crippen molar-refractivity contribution >= 4 is 65.7 Å². The predicted octanol–water partition coefficient (Wildman–Crippen LogP) is 4.53. The van der Waals surface area contributed by atoms with Crippen molar-refractivity contribution in [2.45, 2.75) is 0 Å². The second kappa shape index (κ2) is 7.44.